The van der Waals surface area contributed by atoms with E-state index in [9.17, 15) is 9.59 Å². The van der Waals surface area contributed by atoms with Gasteiger partial charge in [-0.15, -0.1) is 0 Å². The molecule has 0 aliphatic carbocycles. The van der Waals surface area contributed by atoms with Crippen LogP contribution in [0.3, 0.4) is 0 Å². The number of fused-ring (bicyclic) bond motifs is 1. The molecule has 0 spiro atoms. The van der Waals surface area contributed by atoms with E-state index in [1.165, 1.54) is 18.9 Å². The highest BCUT2D eigenvalue weighted by Crippen LogP contribution is 2.36. The maximum absolute atomic E-state index is 12.8. The molecule has 3 aromatic rings. The lowest BCUT2D eigenvalue weighted by molar-refractivity contribution is 0.0472. The lowest BCUT2D eigenvalue weighted by Crippen LogP contribution is -2.25. The number of nitrogens with one attached hydrogen (secondary N) is 1. The predicted octanol–water partition coefficient (Wildman–Crippen LogP) is 3.25. The van der Waals surface area contributed by atoms with Crippen LogP contribution in [0.1, 0.15) is 30.1 Å². The molecule has 1 saturated heterocycles. The van der Waals surface area contributed by atoms with Gasteiger partial charge in [-0.3, -0.25) is 9.69 Å². The lowest BCUT2D eigenvalue weighted by atomic mass is 10.1. The molecule has 1 aromatic heterocycles. The molecular weight excluding hydrogens is 410 g/mol. The fourth-order valence-corrected chi connectivity index (χ4v) is 3.91. The quantitative estimate of drug-likeness (QED) is 0.541. The summed E-state index contributed by atoms with van der Waals surface area (Å²) in [7, 11) is 1.56. The average molecular weight is 437 g/mol. The van der Waals surface area contributed by atoms with Crippen LogP contribution in [0.4, 0.5) is 0 Å². The number of rotatable bonds is 8. The predicted molar refractivity (Wildman–Crippen MR) is 121 cm³/mol. The molecule has 0 unspecified atom stereocenters. The van der Waals surface area contributed by atoms with Crippen molar-refractivity contribution < 1.29 is 19.0 Å². The van der Waals surface area contributed by atoms with Gasteiger partial charge in [-0.25, -0.2) is 9.78 Å². The number of likely N-dealkylation sites (tertiary alicyclic amines) is 1. The molecule has 1 fully saturated rings. The number of benzene rings is 2. The van der Waals surface area contributed by atoms with Gasteiger partial charge < -0.3 is 19.2 Å². The van der Waals surface area contributed by atoms with Crippen molar-refractivity contribution in [2.45, 2.75) is 19.8 Å². The first-order valence-corrected chi connectivity index (χ1v) is 10.8. The van der Waals surface area contributed by atoms with Gasteiger partial charge in [-0.2, -0.15) is 0 Å². The second kappa shape index (κ2) is 9.82. The van der Waals surface area contributed by atoms with Crippen LogP contribution in [0.15, 0.2) is 41.2 Å². The van der Waals surface area contributed by atoms with Gasteiger partial charge in [0.1, 0.15) is 12.4 Å². The van der Waals surface area contributed by atoms with Crippen molar-refractivity contribution in [1.82, 2.24) is 14.9 Å². The smallest absolute Gasteiger partial charge is 0.338 e. The van der Waals surface area contributed by atoms with Crippen molar-refractivity contribution in [2.24, 2.45) is 0 Å². The first kappa shape index (κ1) is 21.8. The number of hydrogen-bond donors (Lipinski definition) is 1. The molecule has 4 rings (SSSR count). The van der Waals surface area contributed by atoms with Gasteiger partial charge >= 0.3 is 5.97 Å². The summed E-state index contributed by atoms with van der Waals surface area (Å²) in [6.45, 7) is 5.48. The molecule has 1 aliphatic heterocycles. The van der Waals surface area contributed by atoms with Crippen LogP contribution in [-0.4, -0.2) is 60.8 Å². The molecular formula is C24H27N3O5. The van der Waals surface area contributed by atoms with Crippen molar-refractivity contribution in [1.29, 1.82) is 0 Å². The second-order valence-corrected chi connectivity index (χ2v) is 7.60. The largest absolute Gasteiger partial charge is 0.493 e. The summed E-state index contributed by atoms with van der Waals surface area (Å²) in [6.07, 6.45) is 2.39. The molecule has 32 heavy (non-hydrogen) atoms. The third-order valence-electron chi connectivity index (χ3n) is 5.52. The van der Waals surface area contributed by atoms with Gasteiger partial charge in [-0.05, 0) is 63.2 Å². The Morgan fingerprint density at radius 3 is 2.75 bits per heavy atom. The van der Waals surface area contributed by atoms with Gasteiger partial charge in [0.05, 0.1) is 35.7 Å². The summed E-state index contributed by atoms with van der Waals surface area (Å²) in [5.74, 6) is 0.990. The normalized spacial score (nSPS) is 13.9. The molecule has 0 bridgehead atoms. The van der Waals surface area contributed by atoms with Crippen molar-refractivity contribution >= 4 is 16.9 Å². The number of H-pyrrole nitrogens is 1. The van der Waals surface area contributed by atoms with Gasteiger partial charge in [-0.1, -0.05) is 6.07 Å². The van der Waals surface area contributed by atoms with Crippen molar-refractivity contribution in [3.63, 3.8) is 0 Å². The highest BCUT2D eigenvalue weighted by atomic mass is 16.5. The number of carbonyl (C=O) groups excluding carboxylic acids is 1. The fourth-order valence-electron chi connectivity index (χ4n) is 3.91. The van der Waals surface area contributed by atoms with Crippen LogP contribution >= 0.6 is 0 Å². The number of nitrogens with zero attached hydrogens (tertiary/aromatic N) is 2. The van der Waals surface area contributed by atoms with E-state index >= 15 is 0 Å². The first-order valence-electron chi connectivity index (χ1n) is 10.8. The van der Waals surface area contributed by atoms with Crippen LogP contribution in [0.2, 0.25) is 0 Å². The molecule has 0 radical (unpaired) electrons. The molecule has 2 heterocycles. The maximum Gasteiger partial charge on any atom is 0.338 e. The summed E-state index contributed by atoms with van der Waals surface area (Å²) < 4.78 is 16.5. The summed E-state index contributed by atoms with van der Waals surface area (Å²) in [6, 6.07) is 10.2. The Labute approximate surface area is 186 Å². The van der Waals surface area contributed by atoms with Gasteiger partial charge in [0, 0.05) is 6.54 Å². The summed E-state index contributed by atoms with van der Waals surface area (Å²) in [4.78, 5) is 34.9. The standard InChI is InChI=1S/C24H27N3O5/c1-3-31-21-17(7-6-8-20(21)30-2)22-25-19-10-9-16(15-18(19)23(28)26-22)24(29)32-14-13-27-11-4-5-12-27/h6-10,15H,3-5,11-14H2,1-2H3,(H,25,26,28). The van der Waals surface area contributed by atoms with Crippen LogP contribution in [0.25, 0.3) is 22.3 Å². The van der Waals surface area contributed by atoms with Crippen LogP contribution in [0, 0.1) is 0 Å². The van der Waals surface area contributed by atoms with E-state index in [2.05, 4.69) is 14.9 Å². The molecule has 1 N–H and O–H groups in total. The average Bonchev–Trinajstić information content (AvgIpc) is 3.32. The van der Waals surface area contributed by atoms with E-state index in [1.54, 1.807) is 25.3 Å². The molecule has 8 heteroatoms. The van der Waals surface area contributed by atoms with Crippen molar-refractivity contribution in [2.75, 3.05) is 40.0 Å². The molecule has 0 atom stereocenters. The van der Waals surface area contributed by atoms with Crippen LogP contribution in [-0.2, 0) is 4.74 Å². The molecule has 0 amide bonds. The minimum atomic E-state index is -0.444. The Hall–Kier alpha value is -3.39. The summed E-state index contributed by atoms with van der Waals surface area (Å²) in [5.41, 5.74) is 1.08. The minimum Gasteiger partial charge on any atom is -0.493 e. The van der Waals surface area contributed by atoms with Gasteiger partial charge in [0.2, 0.25) is 0 Å². The van der Waals surface area contributed by atoms with Crippen molar-refractivity contribution in [3.8, 4) is 22.9 Å². The lowest BCUT2D eigenvalue weighted by Gasteiger charge is -2.14. The SMILES string of the molecule is CCOc1c(OC)cccc1-c1nc2ccc(C(=O)OCCN3CCCC3)cc2c(=O)[nH]1. The molecule has 1 aliphatic rings. The monoisotopic (exact) mass is 437 g/mol. The van der Waals surface area contributed by atoms with Crippen LogP contribution in [0.5, 0.6) is 11.5 Å². The minimum absolute atomic E-state index is 0.323. The van der Waals surface area contributed by atoms with Gasteiger partial charge in [0.25, 0.3) is 5.56 Å². The second-order valence-electron chi connectivity index (χ2n) is 7.60. The van der Waals surface area contributed by atoms with E-state index in [4.69, 9.17) is 14.2 Å². The number of carbonyl (C=O) groups is 1. The third-order valence-corrected chi connectivity index (χ3v) is 5.52. The maximum atomic E-state index is 12.8. The van der Waals surface area contributed by atoms with E-state index in [0.717, 1.165) is 19.6 Å². The van der Waals surface area contributed by atoms with Crippen molar-refractivity contribution in [3.05, 3.63) is 52.3 Å². The molecule has 2 aromatic carbocycles. The molecule has 8 nitrogen and oxygen atoms in total. The Balaban J connectivity index is 1.59. The van der Waals surface area contributed by atoms with Crippen LogP contribution < -0.4 is 15.0 Å². The van der Waals surface area contributed by atoms with E-state index < -0.39 is 5.97 Å². The Bertz CT molecular complexity index is 1170. The first-order chi connectivity index (χ1) is 15.6. The zero-order valence-corrected chi connectivity index (χ0v) is 18.3. The number of aromatic amines is 1. The number of aromatic nitrogens is 2. The molecule has 168 valence electrons. The molecule has 0 saturated carbocycles. The van der Waals surface area contributed by atoms with E-state index in [0.29, 0.717) is 52.6 Å². The zero-order valence-electron chi connectivity index (χ0n) is 18.3. The Morgan fingerprint density at radius 2 is 2.00 bits per heavy atom. The number of ether oxygens (including phenoxy) is 3. The van der Waals surface area contributed by atoms with E-state index in [1.807, 2.05) is 19.1 Å². The Kier molecular flexibility index (Phi) is 6.70. The number of methoxy groups -OCH3 is 1. The number of hydrogen-bond acceptors (Lipinski definition) is 7. The topological polar surface area (TPSA) is 93.8 Å². The van der Waals surface area contributed by atoms with E-state index in [-0.39, 0.29) is 5.56 Å². The fraction of sp³-hybridized carbons (Fsp3) is 0.375. The Morgan fingerprint density at radius 1 is 1.19 bits per heavy atom. The zero-order chi connectivity index (χ0) is 22.5. The van der Waals surface area contributed by atoms with Gasteiger partial charge in [0.15, 0.2) is 11.5 Å². The third kappa shape index (κ3) is 4.60. The summed E-state index contributed by atoms with van der Waals surface area (Å²) in [5, 5.41) is 0.323. The highest BCUT2D eigenvalue weighted by Gasteiger charge is 2.17. The highest BCUT2D eigenvalue weighted by molar-refractivity contribution is 5.94. The summed E-state index contributed by atoms with van der Waals surface area (Å²) >= 11 is 0. The number of esters is 1. The number of para-hydroxylation sites is 1.